The Morgan fingerprint density at radius 1 is 1.20 bits per heavy atom. The van der Waals surface area contributed by atoms with Crippen LogP contribution in [0, 0.1) is 11.8 Å². The van der Waals surface area contributed by atoms with Crippen LogP contribution in [0.5, 0.6) is 0 Å². The summed E-state index contributed by atoms with van der Waals surface area (Å²) in [5, 5.41) is 8.92. The predicted octanol–water partition coefficient (Wildman–Crippen LogP) is 1.72. The van der Waals surface area contributed by atoms with Crippen molar-refractivity contribution in [2.45, 2.75) is 31.7 Å². The third-order valence-corrected chi connectivity index (χ3v) is 4.64. The number of nitrogens with zero attached hydrogens (tertiary/aromatic N) is 1. The summed E-state index contributed by atoms with van der Waals surface area (Å²) in [6.45, 7) is 0. The van der Waals surface area contributed by atoms with E-state index in [4.69, 9.17) is 5.11 Å². The average molecular weight is 273 g/mol. The van der Waals surface area contributed by atoms with E-state index in [2.05, 4.69) is 18.2 Å². The van der Waals surface area contributed by atoms with Crippen LogP contribution in [-0.2, 0) is 22.4 Å². The normalized spacial score (nSPS) is 27.6. The molecule has 106 valence electrons. The standard InChI is InChI=1S/C16H19NO3/c1-17(15(18)13-9-14(13)16(19)20)12-7-6-10-4-2-3-5-11(10)8-12/h2-5,12-14H,6-9H2,1H3,(H,19,20)/t12-,13+,14-/m0/s1. The Morgan fingerprint density at radius 2 is 1.90 bits per heavy atom. The van der Waals surface area contributed by atoms with Crippen LogP contribution >= 0.6 is 0 Å². The Balaban J connectivity index is 1.66. The van der Waals surface area contributed by atoms with E-state index in [1.807, 2.05) is 13.1 Å². The van der Waals surface area contributed by atoms with Crippen molar-refractivity contribution in [3.63, 3.8) is 0 Å². The Hall–Kier alpha value is -1.84. The maximum atomic E-state index is 12.3. The van der Waals surface area contributed by atoms with Crippen molar-refractivity contribution in [2.75, 3.05) is 7.05 Å². The van der Waals surface area contributed by atoms with Crippen molar-refractivity contribution in [3.05, 3.63) is 35.4 Å². The number of carbonyl (C=O) groups excluding carboxylic acids is 1. The number of carbonyl (C=O) groups is 2. The second-order valence-electron chi connectivity index (χ2n) is 5.90. The Morgan fingerprint density at radius 3 is 2.55 bits per heavy atom. The summed E-state index contributed by atoms with van der Waals surface area (Å²) in [6.07, 6.45) is 3.33. The fourth-order valence-electron chi connectivity index (χ4n) is 3.19. The van der Waals surface area contributed by atoms with Gasteiger partial charge in [0.25, 0.3) is 0 Å². The summed E-state index contributed by atoms with van der Waals surface area (Å²) < 4.78 is 0. The van der Waals surface area contributed by atoms with E-state index in [0.717, 1.165) is 19.3 Å². The molecule has 2 aliphatic carbocycles. The highest BCUT2D eigenvalue weighted by Gasteiger charge is 2.50. The molecule has 20 heavy (non-hydrogen) atoms. The van der Waals surface area contributed by atoms with E-state index in [1.165, 1.54) is 11.1 Å². The van der Waals surface area contributed by atoms with Crippen LogP contribution in [0.3, 0.4) is 0 Å². The number of carboxylic acid groups (broad SMARTS) is 1. The van der Waals surface area contributed by atoms with Crippen LogP contribution in [-0.4, -0.2) is 35.0 Å². The van der Waals surface area contributed by atoms with Gasteiger partial charge in [0.1, 0.15) is 0 Å². The number of carboxylic acids is 1. The van der Waals surface area contributed by atoms with E-state index in [1.54, 1.807) is 4.90 Å². The van der Waals surface area contributed by atoms with Gasteiger partial charge in [0.05, 0.1) is 11.8 Å². The first-order chi connectivity index (χ1) is 9.58. The molecule has 0 radical (unpaired) electrons. The van der Waals surface area contributed by atoms with Gasteiger partial charge in [-0.15, -0.1) is 0 Å². The summed E-state index contributed by atoms with van der Waals surface area (Å²) in [4.78, 5) is 24.9. The van der Waals surface area contributed by atoms with Gasteiger partial charge in [0.15, 0.2) is 0 Å². The zero-order chi connectivity index (χ0) is 14.3. The number of hydrogen-bond acceptors (Lipinski definition) is 2. The van der Waals surface area contributed by atoms with Crippen LogP contribution in [0.1, 0.15) is 24.0 Å². The van der Waals surface area contributed by atoms with Crippen LogP contribution in [0.15, 0.2) is 24.3 Å². The number of fused-ring (bicyclic) bond motifs is 1. The molecule has 4 nitrogen and oxygen atoms in total. The molecule has 3 rings (SSSR count). The van der Waals surface area contributed by atoms with Crippen LogP contribution < -0.4 is 0 Å². The number of aryl methyl sites for hydroxylation is 1. The van der Waals surface area contributed by atoms with Gasteiger partial charge in [-0.1, -0.05) is 24.3 Å². The zero-order valence-electron chi connectivity index (χ0n) is 11.6. The SMILES string of the molecule is CN(C(=O)[C@@H]1C[C@@H]1C(=O)O)[C@H]1CCc2ccccc2C1. The van der Waals surface area contributed by atoms with Crippen molar-refractivity contribution in [1.82, 2.24) is 4.90 Å². The minimum absolute atomic E-state index is 0.00165. The lowest BCUT2D eigenvalue weighted by Crippen LogP contribution is -2.41. The van der Waals surface area contributed by atoms with Gasteiger partial charge in [0, 0.05) is 13.1 Å². The lowest BCUT2D eigenvalue weighted by Gasteiger charge is -2.32. The zero-order valence-corrected chi connectivity index (χ0v) is 11.6. The van der Waals surface area contributed by atoms with Gasteiger partial charge in [0.2, 0.25) is 5.91 Å². The molecule has 0 bridgehead atoms. The summed E-state index contributed by atoms with van der Waals surface area (Å²) in [7, 11) is 1.82. The Bertz CT molecular complexity index is 554. The molecular weight excluding hydrogens is 254 g/mol. The summed E-state index contributed by atoms with van der Waals surface area (Å²) in [5.74, 6) is -1.59. The van der Waals surface area contributed by atoms with Crippen LogP contribution in [0.4, 0.5) is 0 Å². The van der Waals surface area contributed by atoms with Gasteiger partial charge < -0.3 is 10.0 Å². The molecule has 1 aromatic rings. The molecular formula is C16H19NO3. The molecule has 0 unspecified atom stereocenters. The largest absolute Gasteiger partial charge is 0.481 e. The maximum absolute atomic E-state index is 12.3. The van der Waals surface area contributed by atoms with E-state index >= 15 is 0 Å². The highest BCUT2D eigenvalue weighted by Crippen LogP contribution is 2.40. The van der Waals surface area contributed by atoms with E-state index in [-0.39, 0.29) is 17.9 Å². The third-order valence-electron chi connectivity index (χ3n) is 4.64. The molecule has 1 amide bonds. The number of rotatable bonds is 3. The first-order valence-corrected chi connectivity index (χ1v) is 7.14. The van der Waals surface area contributed by atoms with E-state index < -0.39 is 11.9 Å². The maximum Gasteiger partial charge on any atom is 0.307 e. The van der Waals surface area contributed by atoms with Gasteiger partial charge >= 0.3 is 5.97 Å². The topological polar surface area (TPSA) is 57.6 Å². The fraction of sp³-hybridized carbons (Fsp3) is 0.500. The first kappa shape index (κ1) is 13.2. The molecule has 1 aromatic carbocycles. The monoisotopic (exact) mass is 273 g/mol. The molecule has 0 aromatic heterocycles. The molecule has 0 heterocycles. The number of aliphatic carboxylic acids is 1. The fourth-order valence-corrected chi connectivity index (χ4v) is 3.19. The smallest absolute Gasteiger partial charge is 0.307 e. The van der Waals surface area contributed by atoms with Crippen molar-refractivity contribution in [2.24, 2.45) is 11.8 Å². The molecule has 1 N–H and O–H groups in total. The van der Waals surface area contributed by atoms with Crippen molar-refractivity contribution < 1.29 is 14.7 Å². The lowest BCUT2D eigenvalue weighted by molar-refractivity contribution is -0.142. The number of amides is 1. The molecule has 0 spiro atoms. The molecule has 2 aliphatic rings. The second kappa shape index (κ2) is 4.93. The molecule has 4 heteroatoms. The summed E-state index contributed by atoms with van der Waals surface area (Å²) in [5.41, 5.74) is 2.69. The van der Waals surface area contributed by atoms with Gasteiger partial charge in [-0.3, -0.25) is 9.59 Å². The number of likely N-dealkylation sites (N-methyl/N-ethyl adjacent to an activating group) is 1. The molecule has 1 fully saturated rings. The predicted molar refractivity (Wildman–Crippen MR) is 74.3 cm³/mol. The van der Waals surface area contributed by atoms with Crippen molar-refractivity contribution in [1.29, 1.82) is 0 Å². The van der Waals surface area contributed by atoms with E-state index in [0.29, 0.717) is 6.42 Å². The number of benzene rings is 1. The van der Waals surface area contributed by atoms with Crippen LogP contribution in [0.25, 0.3) is 0 Å². The second-order valence-corrected chi connectivity index (χ2v) is 5.90. The molecule has 0 saturated heterocycles. The summed E-state index contributed by atoms with van der Waals surface area (Å²) in [6, 6.07) is 8.55. The third kappa shape index (κ3) is 2.30. The molecule has 0 aliphatic heterocycles. The van der Waals surface area contributed by atoms with Crippen molar-refractivity contribution >= 4 is 11.9 Å². The minimum Gasteiger partial charge on any atom is -0.481 e. The Kier molecular flexibility index (Phi) is 3.24. The number of hydrogen-bond donors (Lipinski definition) is 1. The van der Waals surface area contributed by atoms with Gasteiger partial charge in [-0.05, 0) is 36.8 Å². The first-order valence-electron chi connectivity index (χ1n) is 7.14. The quantitative estimate of drug-likeness (QED) is 0.912. The molecule has 1 saturated carbocycles. The highest BCUT2D eigenvalue weighted by molar-refractivity contribution is 5.89. The summed E-state index contributed by atoms with van der Waals surface area (Å²) >= 11 is 0. The van der Waals surface area contributed by atoms with Crippen LogP contribution in [0.2, 0.25) is 0 Å². The highest BCUT2D eigenvalue weighted by atomic mass is 16.4. The lowest BCUT2D eigenvalue weighted by atomic mass is 9.87. The van der Waals surface area contributed by atoms with Crippen molar-refractivity contribution in [3.8, 4) is 0 Å². The van der Waals surface area contributed by atoms with E-state index in [9.17, 15) is 9.59 Å². The van der Waals surface area contributed by atoms with Gasteiger partial charge in [-0.2, -0.15) is 0 Å². The van der Waals surface area contributed by atoms with Gasteiger partial charge in [-0.25, -0.2) is 0 Å². The minimum atomic E-state index is -0.842. The average Bonchev–Trinajstić information content (AvgIpc) is 3.26. The Labute approximate surface area is 118 Å². The molecule has 3 atom stereocenters.